The summed E-state index contributed by atoms with van der Waals surface area (Å²) in [7, 11) is -3.46. The van der Waals surface area contributed by atoms with Gasteiger partial charge in [0.15, 0.2) is 0 Å². The monoisotopic (exact) mass is 190 g/mol. The van der Waals surface area contributed by atoms with Crippen LogP contribution in [0.1, 0.15) is 20.8 Å². The fourth-order valence-corrected chi connectivity index (χ4v) is 1.29. The van der Waals surface area contributed by atoms with Gasteiger partial charge in [-0.3, -0.25) is 4.18 Å². The van der Waals surface area contributed by atoms with Crippen molar-refractivity contribution in [3.8, 4) is 12.3 Å². The van der Waals surface area contributed by atoms with Gasteiger partial charge in [0.05, 0.1) is 6.26 Å². The Hall–Kier alpha value is -0.530. The summed E-state index contributed by atoms with van der Waals surface area (Å²) >= 11 is 0. The summed E-state index contributed by atoms with van der Waals surface area (Å²) in [6.45, 7) is 5.47. The fourth-order valence-electron chi connectivity index (χ4n) is 0.597. The van der Waals surface area contributed by atoms with Gasteiger partial charge in [-0.05, 0) is 0 Å². The van der Waals surface area contributed by atoms with Crippen molar-refractivity contribution in [1.82, 2.24) is 0 Å². The third-order valence-corrected chi connectivity index (χ3v) is 1.75. The lowest BCUT2D eigenvalue weighted by Gasteiger charge is -2.24. The maximum absolute atomic E-state index is 10.7. The molecule has 0 saturated carbocycles. The van der Waals surface area contributed by atoms with Gasteiger partial charge in [-0.2, -0.15) is 8.42 Å². The Balaban J connectivity index is 4.55. The zero-order valence-corrected chi connectivity index (χ0v) is 8.60. The van der Waals surface area contributed by atoms with E-state index in [4.69, 9.17) is 6.42 Å². The van der Waals surface area contributed by atoms with Gasteiger partial charge in [0, 0.05) is 5.41 Å². The molecule has 0 fully saturated rings. The molecule has 1 unspecified atom stereocenters. The van der Waals surface area contributed by atoms with Crippen LogP contribution in [0.25, 0.3) is 0 Å². The van der Waals surface area contributed by atoms with E-state index in [0.29, 0.717) is 0 Å². The molecule has 0 amide bonds. The standard InChI is InChI=1S/C8H14O3S/c1-6-7(8(2,3)4)11-12(5,9)10/h1,7H,2-5H3. The number of hydrogen-bond donors (Lipinski definition) is 0. The SMILES string of the molecule is C#CC(OS(C)(=O)=O)C(C)(C)C. The van der Waals surface area contributed by atoms with Crippen LogP contribution in [-0.4, -0.2) is 20.8 Å². The molecule has 0 spiro atoms. The molecule has 0 saturated heterocycles. The summed E-state index contributed by atoms with van der Waals surface area (Å²) < 4.78 is 26.1. The first-order valence-corrected chi connectivity index (χ1v) is 5.33. The van der Waals surface area contributed by atoms with Gasteiger partial charge in [0.1, 0.15) is 6.10 Å². The molecule has 0 bridgehead atoms. The van der Waals surface area contributed by atoms with Gasteiger partial charge in [-0.25, -0.2) is 0 Å². The second-order valence-electron chi connectivity index (χ2n) is 3.71. The Morgan fingerprint density at radius 3 is 1.92 bits per heavy atom. The first-order chi connectivity index (χ1) is 5.17. The summed E-state index contributed by atoms with van der Waals surface area (Å²) in [6.07, 6.45) is 5.41. The van der Waals surface area contributed by atoms with Crippen LogP contribution in [-0.2, 0) is 14.3 Å². The van der Waals surface area contributed by atoms with E-state index in [2.05, 4.69) is 10.1 Å². The molecule has 0 N–H and O–H groups in total. The minimum atomic E-state index is -3.46. The van der Waals surface area contributed by atoms with Crippen LogP contribution in [0.2, 0.25) is 0 Å². The van der Waals surface area contributed by atoms with Crippen LogP contribution < -0.4 is 0 Å². The molecule has 12 heavy (non-hydrogen) atoms. The van der Waals surface area contributed by atoms with Gasteiger partial charge in [0.25, 0.3) is 10.1 Å². The molecule has 0 aliphatic rings. The summed E-state index contributed by atoms with van der Waals surface area (Å²) in [6, 6.07) is 0. The van der Waals surface area contributed by atoms with Crippen LogP contribution in [0.3, 0.4) is 0 Å². The normalized spacial score (nSPS) is 15.2. The van der Waals surface area contributed by atoms with E-state index in [1.54, 1.807) is 0 Å². The topological polar surface area (TPSA) is 43.4 Å². The Morgan fingerprint density at radius 2 is 1.83 bits per heavy atom. The van der Waals surface area contributed by atoms with Crippen LogP contribution in [0.5, 0.6) is 0 Å². The van der Waals surface area contributed by atoms with E-state index >= 15 is 0 Å². The van der Waals surface area contributed by atoms with Crippen molar-refractivity contribution in [2.45, 2.75) is 26.9 Å². The van der Waals surface area contributed by atoms with Crippen LogP contribution >= 0.6 is 0 Å². The van der Waals surface area contributed by atoms with E-state index in [1.807, 2.05) is 20.8 Å². The molecule has 0 aliphatic carbocycles. The third-order valence-electron chi connectivity index (χ3n) is 1.21. The molecule has 0 radical (unpaired) electrons. The van der Waals surface area contributed by atoms with Crippen molar-refractivity contribution >= 4 is 10.1 Å². The lowest BCUT2D eigenvalue weighted by atomic mass is 9.90. The van der Waals surface area contributed by atoms with Crippen molar-refractivity contribution in [3.63, 3.8) is 0 Å². The van der Waals surface area contributed by atoms with Crippen molar-refractivity contribution in [3.05, 3.63) is 0 Å². The summed E-state index contributed by atoms with van der Waals surface area (Å²) in [5.41, 5.74) is -0.363. The maximum Gasteiger partial charge on any atom is 0.265 e. The van der Waals surface area contributed by atoms with E-state index in [1.165, 1.54) is 0 Å². The van der Waals surface area contributed by atoms with Gasteiger partial charge >= 0.3 is 0 Å². The van der Waals surface area contributed by atoms with Crippen LogP contribution in [0.4, 0.5) is 0 Å². The minimum Gasteiger partial charge on any atom is -0.253 e. The highest BCUT2D eigenvalue weighted by Crippen LogP contribution is 2.22. The second kappa shape index (κ2) is 3.46. The van der Waals surface area contributed by atoms with Gasteiger partial charge < -0.3 is 0 Å². The van der Waals surface area contributed by atoms with Gasteiger partial charge in [-0.15, -0.1) is 6.42 Å². The van der Waals surface area contributed by atoms with Crippen molar-refractivity contribution in [2.24, 2.45) is 5.41 Å². The first kappa shape index (κ1) is 11.5. The zero-order valence-electron chi connectivity index (χ0n) is 7.79. The highest BCUT2D eigenvalue weighted by Gasteiger charge is 2.26. The van der Waals surface area contributed by atoms with E-state index < -0.39 is 16.2 Å². The summed E-state index contributed by atoms with van der Waals surface area (Å²) in [4.78, 5) is 0. The molecule has 0 heterocycles. The average Bonchev–Trinajstić information content (AvgIpc) is 1.78. The predicted octanol–water partition coefficient (Wildman–Crippen LogP) is 1.01. The Morgan fingerprint density at radius 1 is 1.42 bits per heavy atom. The van der Waals surface area contributed by atoms with Gasteiger partial charge in [-0.1, -0.05) is 26.7 Å². The molecular formula is C8H14O3S. The molecule has 4 heteroatoms. The number of rotatable bonds is 2. The highest BCUT2D eigenvalue weighted by molar-refractivity contribution is 7.86. The summed E-state index contributed by atoms with van der Waals surface area (Å²) in [5.74, 6) is 2.30. The molecule has 70 valence electrons. The maximum atomic E-state index is 10.7. The molecule has 1 atom stereocenters. The summed E-state index contributed by atoms with van der Waals surface area (Å²) in [5, 5.41) is 0. The third kappa shape index (κ3) is 4.37. The largest absolute Gasteiger partial charge is 0.265 e. The van der Waals surface area contributed by atoms with E-state index in [0.717, 1.165) is 6.26 Å². The average molecular weight is 190 g/mol. The molecule has 0 rings (SSSR count). The molecular weight excluding hydrogens is 176 g/mol. The molecule has 0 aromatic rings. The van der Waals surface area contributed by atoms with Gasteiger partial charge in [0.2, 0.25) is 0 Å². The van der Waals surface area contributed by atoms with E-state index in [-0.39, 0.29) is 5.41 Å². The molecule has 0 aliphatic heterocycles. The van der Waals surface area contributed by atoms with Crippen molar-refractivity contribution in [2.75, 3.05) is 6.26 Å². The van der Waals surface area contributed by atoms with Crippen molar-refractivity contribution in [1.29, 1.82) is 0 Å². The zero-order chi connectivity index (χ0) is 9.99. The lowest BCUT2D eigenvalue weighted by molar-refractivity contribution is 0.145. The lowest BCUT2D eigenvalue weighted by Crippen LogP contribution is -2.29. The smallest absolute Gasteiger partial charge is 0.253 e. The second-order valence-corrected chi connectivity index (χ2v) is 5.31. The predicted molar refractivity (Wildman–Crippen MR) is 48.0 cm³/mol. The number of terminal acetylenes is 1. The number of hydrogen-bond acceptors (Lipinski definition) is 3. The molecule has 0 aromatic heterocycles. The van der Waals surface area contributed by atoms with Crippen LogP contribution in [0, 0.1) is 17.8 Å². The quantitative estimate of drug-likeness (QED) is 0.482. The Kier molecular flexibility index (Phi) is 3.31. The van der Waals surface area contributed by atoms with E-state index in [9.17, 15) is 8.42 Å². The minimum absolute atomic E-state index is 0.363. The Labute approximate surface area is 74.2 Å². The highest BCUT2D eigenvalue weighted by atomic mass is 32.2. The Bertz CT molecular complexity index is 276. The molecule has 3 nitrogen and oxygen atoms in total. The molecule has 0 aromatic carbocycles. The fraction of sp³-hybridized carbons (Fsp3) is 0.750. The van der Waals surface area contributed by atoms with Crippen molar-refractivity contribution < 1.29 is 12.6 Å². The first-order valence-electron chi connectivity index (χ1n) is 3.51. The van der Waals surface area contributed by atoms with Crippen LogP contribution in [0.15, 0.2) is 0 Å².